The van der Waals surface area contributed by atoms with E-state index < -0.39 is 0 Å². The van der Waals surface area contributed by atoms with E-state index in [2.05, 4.69) is 48.3 Å². The second-order valence-electron chi connectivity index (χ2n) is 7.18. The number of rotatable bonds is 6. The van der Waals surface area contributed by atoms with Crippen LogP contribution in [0.5, 0.6) is 0 Å². The number of nitrogens with zero attached hydrogens (tertiary/aromatic N) is 1. The predicted molar refractivity (Wildman–Crippen MR) is 97.2 cm³/mol. The number of carbonyl (C=O) groups excluding carboxylic acids is 1. The van der Waals surface area contributed by atoms with Gasteiger partial charge in [0.05, 0.1) is 19.8 Å². The van der Waals surface area contributed by atoms with Crippen LogP contribution in [0.3, 0.4) is 0 Å². The van der Waals surface area contributed by atoms with E-state index in [0.29, 0.717) is 19.8 Å². The molecular weight excluding hydrogens is 316 g/mol. The van der Waals surface area contributed by atoms with Crippen LogP contribution in [0.2, 0.25) is 0 Å². The molecule has 0 radical (unpaired) electrons. The van der Waals surface area contributed by atoms with E-state index in [1.807, 2.05) is 0 Å². The minimum Gasteiger partial charge on any atom is -0.352 e. The van der Waals surface area contributed by atoms with Gasteiger partial charge in [0.15, 0.2) is 5.79 Å². The van der Waals surface area contributed by atoms with Crippen LogP contribution in [0.1, 0.15) is 43.7 Å². The van der Waals surface area contributed by atoms with Gasteiger partial charge in [-0.25, -0.2) is 0 Å². The van der Waals surface area contributed by atoms with E-state index in [9.17, 15) is 4.79 Å². The lowest BCUT2D eigenvalue weighted by molar-refractivity contribution is -0.180. The van der Waals surface area contributed by atoms with Crippen LogP contribution < -0.4 is 5.32 Å². The molecule has 3 rings (SSSR count). The van der Waals surface area contributed by atoms with Crippen LogP contribution in [0.15, 0.2) is 24.3 Å². The van der Waals surface area contributed by atoms with Crippen molar-refractivity contribution in [3.05, 3.63) is 35.4 Å². The number of carbonyl (C=O) groups is 1. The van der Waals surface area contributed by atoms with E-state index >= 15 is 0 Å². The van der Waals surface area contributed by atoms with Gasteiger partial charge in [0.25, 0.3) is 0 Å². The van der Waals surface area contributed by atoms with Crippen LogP contribution in [0, 0.1) is 6.92 Å². The van der Waals surface area contributed by atoms with Crippen molar-refractivity contribution < 1.29 is 14.3 Å². The smallest absolute Gasteiger partial charge is 0.234 e. The number of aryl methyl sites for hydroxylation is 1. The molecule has 1 aliphatic carbocycles. The van der Waals surface area contributed by atoms with Gasteiger partial charge >= 0.3 is 0 Å². The molecule has 2 aliphatic rings. The summed E-state index contributed by atoms with van der Waals surface area (Å²) >= 11 is 0. The molecule has 1 saturated carbocycles. The average molecular weight is 346 g/mol. The third-order valence-corrected chi connectivity index (χ3v) is 5.40. The van der Waals surface area contributed by atoms with Crippen LogP contribution in [-0.4, -0.2) is 48.9 Å². The van der Waals surface area contributed by atoms with Crippen LogP contribution in [0.25, 0.3) is 0 Å². The molecule has 25 heavy (non-hydrogen) atoms. The first-order chi connectivity index (χ1) is 12.1. The maximum atomic E-state index is 12.5. The molecule has 138 valence electrons. The zero-order chi connectivity index (χ0) is 17.7. The maximum Gasteiger partial charge on any atom is 0.234 e. The molecule has 1 aromatic rings. The first-order valence-corrected chi connectivity index (χ1v) is 9.44. The van der Waals surface area contributed by atoms with Crippen molar-refractivity contribution in [2.45, 2.75) is 57.9 Å². The van der Waals surface area contributed by atoms with Gasteiger partial charge in [-0.2, -0.15) is 0 Å². The van der Waals surface area contributed by atoms with Crippen molar-refractivity contribution in [1.82, 2.24) is 10.2 Å². The summed E-state index contributed by atoms with van der Waals surface area (Å²) in [5.41, 5.74) is 2.56. The molecule has 0 atom stereocenters. The van der Waals surface area contributed by atoms with Crippen molar-refractivity contribution in [3.8, 4) is 0 Å². The van der Waals surface area contributed by atoms with Crippen LogP contribution in [0.4, 0.5) is 0 Å². The number of benzene rings is 1. The molecule has 5 heteroatoms. The number of nitrogens with one attached hydrogen (secondary N) is 1. The molecule has 1 spiro atoms. The predicted octanol–water partition coefficient (Wildman–Crippen LogP) is 2.62. The van der Waals surface area contributed by atoms with Gasteiger partial charge in [0, 0.05) is 25.4 Å². The van der Waals surface area contributed by atoms with Gasteiger partial charge in [-0.15, -0.1) is 0 Å². The lowest BCUT2D eigenvalue weighted by atomic mass is 9.90. The summed E-state index contributed by atoms with van der Waals surface area (Å²) in [4.78, 5) is 14.6. The standard InChI is InChI=1S/C20H30N2O3/c1-3-22(14-17-7-5-4-6-16(17)2)15-19(23)21-18-8-10-20(11-9-18)24-12-13-25-20/h4-7,18H,3,8-15H2,1-2H3,(H,21,23). The average Bonchev–Trinajstić information content (AvgIpc) is 3.07. The van der Waals surface area contributed by atoms with E-state index in [0.717, 1.165) is 38.8 Å². The topological polar surface area (TPSA) is 50.8 Å². The van der Waals surface area contributed by atoms with Gasteiger partial charge in [-0.3, -0.25) is 9.69 Å². The third kappa shape index (κ3) is 4.81. The summed E-state index contributed by atoms with van der Waals surface area (Å²) in [7, 11) is 0. The monoisotopic (exact) mass is 346 g/mol. The molecule has 1 aromatic carbocycles. The van der Waals surface area contributed by atoms with Gasteiger partial charge < -0.3 is 14.8 Å². The number of likely N-dealkylation sites (N-methyl/N-ethyl adjacent to an activating group) is 1. The van der Waals surface area contributed by atoms with Crippen molar-refractivity contribution in [2.24, 2.45) is 0 Å². The number of hydrogen-bond donors (Lipinski definition) is 1. The fourth-order valence-corrected chi connectivity index (χ4v) is 3.77. The Morgan fingerprint density at radius 3 is 2.56 bits per heavy atom. The minimum atomic E-state index is -0.360. The fourth-order valence-electron chi connectivity index (χ4n) is 3.77. The first-order valence-electron chi connectivity index (χ1n) is 9.44. The molecule has 0 bridgehead atoms. The van der Waals surface area contributed by atoms with Crippen molar-refractivity contribution in [3.63, 3.8) is 0 Å². The van der Waals surface area contributed by atoms with Gasteiger partial charge in [-0.05, 0) is 37.4 Å². The third-order valence-electron chi connectivity index (χ3n) is 5.40. The van der Waals surface area contributed by atoms with E-state index in [1.54, 1.807) is 0 Å². The molecule has 1 amide bonds. The number of amides is 1. The molecule has 0 aromatic heterocycles. The summed E-state index contributed by atoms with van der Waals surface area (Å²) in [6, 6.07) is 8.60. The Morgan fingerprint density at radius 1 is 1.24 bits per heavy atom. The van der Waals surface area contributed by atoms with Crippen LogP contribution >= 0.6 is 0 Å². The highest BCUT2D eigenvalue weighted by molar-refractivity contribution is 5.78. The second kappa shape index (κ2) is 8.30. The Labute approximate surface area is 150 Å². The van der Waals surface area contributed by atoms with Crippen LogP contribution in [-0.2, 0) is 20.8 Å². The summed E-state index contributed by atoms with van der Waals surface area (Å²) in [5.74, 6) is -0.244. The molecule has 1 N–H and O–H groups in total. The Morgan fingerprint density at radius 2 is 1.92 bits per heavy atom. The Bertz CT molecular complexity index is 574. The van der Waals surface area contributed by atoms with E-state index in [-0.39, 0.29) is 17.7 Å². The van der Waals surface area contributed by atoms with Gasteiger partial charge in [-0.1, -0.05) is 31.2 Å². The summed E-state index contributed by atoms with van der Waals surface area (Å²) in [6.45, 7) is 7.73. The minimum absolute atomic E-state index is 0.115. The second-order valence-corrected chi connectivity index (χ2v) is 7.18. The lowest BCUT2D eigenvalue weighted by Gasteiger charge is -2.35. The van der Waals surface area contributed by atoms with E-state index in [1.165, 1.54) is 11.1 Å². The Hall–Kier alpha value is -1.43. The summed E-state index contributed by atoms with van der Waals surface area (Å²) in [6.07, 6.45) is 3.60. The van der Waals surface area contributed by atoms with E-state index in [4.69, 9.17) is 9.47 Å². The van der Waals surface area contributed by atoms with Crippen molar-refractivity contribution >= 4 is 5.91 Å². The van der Waals surface area contributed by atoms with Gasteiger partial charge in [0.1, 0.15) is 0 Å². The maximum absolute atomic E-state index is 12.5. The SMILES string of the molecule is CCN(CC(=O)NC1CCC2(CC1)OCCO2)Cc1ccccc1C. The molecule has 1 heterocycles. The Kier molecular flexibility index (Phi) is 6.10. The quantitative estimate of drug-likeness (QED) is 0.860. The fraction of sp³-hybridized carbons (Fsp3) is 0.650. The largest absolute Gasteiger partial charge is 0.352 e. The van der Waals surface area contributed by atoms with Crippen molar-refractivity contribution in [1.29, 1.82) is 0 Å². The molecule has 1 aliphatic heterocycles. The van der Waals surface area contributed by atoms with Gasteiger partial charge in [0.2, 0.25) is 5.91 Å². The highest BCUT2D eigenvalue weighted by Crippen LogP contribution is 2.35. The molecule has 5 nitrogen and oxygen atoms in total. The zero-order valence-electron chi connectivity index (χ0n) is 15.4. The normalized spacial score (nSPS) is 20.3. The van der Waals surface area contributed by atoms with Crippen molar-refractivity contribution in [2.75, 3.05) is 26.3 Å². The lowest BCUT2D eigenvalue weighted by Crippen LogP contribution is -2.46. The zero-order valence-corrected chi connectivity index (χ0v) is 15.4. The molecule has 2 fully saturated rings. The molecule has 1 saturated heterocycles. The summed E-state index contributed by atoms with van der Waals surface area (Å²) in [5, 5.41) is 3.20. The Balaban J connectivity index is 1.45. The first kappa shape index (κ1) is 18.4. The number of ether oxygens (including phenoxy) is 2. The highest BCUT2D eigenvalue weighted by atomic mass is 16.7. The number of hydrogen-bond acceptors (Lipinski definition) is 4. The summed E-state index contributed by atoms with van der Waals surface area (Å²) < 4.78 is 11.5. The molecule has 0 unspecified atom stereocenters. The highest BCUT2D eigenvalue weighted by Gasteiger charge is 2.40. The molecular formula is C20H30N2O3.